The molecule has 3 N–H and O–H groups in total. The van der Waals surface area contributed by atoms with Crippen LogP contribution in [0.2, 0.25) is 5.02 Å². The third kappa shape index (κ3) is 5.12. The first kappa shape index (κ1) is 24.0. The number of fused-ring (bicyclic) bond motifs is 1. The van der Waals surface area contributed by atoms with Crippen LogP contribution >= 0.6 is 11.6 Å². The highest BCUT2D eigenvalue weighted by Gasteiger charge is 2.27. The van der Waals surface area contributed by atoms with E-state index in [0.29, 0.717) is 28.3 Å². The van der Waals surface area contributed by atoms with E-state index < -0.39 is 0 Å². The maximum Gasteiger partial charge on any atom is 0.230 e. The first-order chi connectivity index (χ1) is 17.1. The molecule has 1 aromatic carbocycles. The van der Waals surface area contributed by atoms with E-state index in [1.54, 1.807) is 13.3 Å². The number of halogens is 1. The molecule has 3 aromatic rings. The predicted octanol–water partition coefficient (Wildman–Crippen LogP) is 4.01. The summed E-state index contributed by atoms with van der Waals surface area (Å²) in [7, 11) is 3.91. The van der Waals surface area contributed by atoms with E-state index >= 15 is 0 Å². The van der Waals surface area contributed by atoms with Crippen LogP contribution in [0.25, 0.3) is 11.0 Å². The predicted molar refractivity (Wildman–Crippen MR) is 144 cm³/mol. The van der Waals surface area contributed by atoms with E-state index in [1.807, 2.05) is 13.0 Å². The summed E-state index contributed by atoms with van der Waals surface area (Å²) in [5, 5.41) is 7.16. The lowest BCUT2D eigenvalue weighted by Gasteiger charge is -2.42. The maximum atomic E-state index is 6.34. The number of methoxy groups -OCH3 is 1. The zero-order valence-electron chi connectivity index (χ0n) is 20.8. The number of benzene rings is 1. The largest absolute Gasteiger partial charge is 0.494 e. The molecular weight excluding hydrogens is 464 g/mol. The van der Waals surface area contributed by atoms with Crippen molar-refractivity contribution < 1.29 is 4.74 Å². The number of aromatic amines is 1. The van der Waals surface area contributed by atoms with Gasteiger partial charge in [-0.25, -0.2) is 4.98 Å². The van der Waals surface area contributed by atoms with E-state index in [9.17, 15) is 0 Å². The third-order valence-corrected chi connectivity index (χ3v) is 7.43. The van der Waals surface area contributed by atoms with Gasteiger partial charge >= 0.3 is 0 Å². The van der Waals surface area contributed by atoms with Gasteiger partial charge in [-0.3, -0.25) is 4.90 Å². The quantitative estimate of drug-likeness (QED) is 0.450. The van der Waals surface area contributed by atoms with Crippen LogP contribution in [0, 0.1) is 0 Å². The number of H-pyrrole nitrogens is 1. The molecular formula is C25H35ClN8O. The van der Waals surface area contributed by atoms with Crippen LogP contribution in [0.5, 0.6) is 5.75 Å². The molecule has 2 aromatic heterocycles. The van der Waals surface area contributed by atoms with Gasteiger partial charge in [0.05, 0.1) is 17.8 Å². The number of hydrogen-bond acceptors (Lipinski definition) is 8. The molecule has 0 saturated carbocycles. The van der Waals surface area contributed by atoms with Gasteiger partial charge in [-0.05, 0) is 38.9 Å². The molecule has 2 saturated heterocycles. The lowest BCUT2D eigenvalue weighted by atomic mass is 10.0. The normalized spacial score (nSPS) is 18.2. The number of nitrogens with one attached hydrogen (secondary N) is 3. The second-order valence-corrected chi connectivity index (χ2v) is 9.76. The fourth-order valence-electron chi connectivity index (χ4n) is 5.10. The van der Waals surface area contributed by atoms with Crippen molar-refractivity contribution >= 4 is 45.8 Å². The van der Waals surface area contributed by atoms with E-state index in [2.05, 4.69) is 59.5 Å². The highest BCUT2D eigenvalue weighted by molar-refractivity contribution is 6.35. The van der Waals surface area contributed by atoms with Gasteiger partial charge in [-0.1, -0.05) is 11.6 Å². The molecule has 2 fully saturated rings. The topological polar surface area (TPSA) is 84.6 Å². The number of aromatic nitrogens is 3. The summed E-state index contributed by atoms with van der Waals surface area (Å²) >= 11 is 6.34. The Morgan fingerprint density at radius 2 is 1.89 bits per heavy atom. The SMILES string of the molecule is CCNc1nc(Nc2ccc(N3CCC(N4CCN(C)CC4)CC3)cc2OC)nc2c(Cl)c[nH]c12. The van der Waals surface area contributed by atoms with Crippen LogP contribution in [0.4, 0.5) is 23.1 Å². The summed E-state index contributed by atoms with van der Waals surface area (Å²) in [5.74, 6) is 1.94. The molecule has 10 heteroatoms. The first-order valence-corrected chi connectivity index (χ1v) is 12.8. The molecule has 4 heterocycles. The maximum absolute atomic E-state index is 6.34. The number of likely N-dealkylation sites (N-methyl/N-ethyl adjacent to an activating group) is 1. The zero-order chi connectivity index (χ0) is 24.4. The van der Waals surface area contributed by atoms with Gasteiger partial charge in [-0.15, -0.1) is 0 Å². The van der Waals surface area contributed by atoms with Crippen LogP contribution in [0.1, 0.15) is 19.8 Å². The third-order valence-electron chi connectivity index (χ3n) is 7.14. The second-order valence-electron chi connectivity index (χ2n) is 9.35. The van der Waals surface area contributed by atoms with Crippen LogP contribution in [-0.2, 0) is 0 Å². The Balaban J connectivity index is 1.29. The Hall–Kier alpha value is -2.75. The van der Waals surface area contributed by atoms with Gasteiger partial charge in [0.25, 0.3) is 0 Å². The molecule has 0 spiro atoms. The first-order valence-electron chi connectivity index (χ1n) is 12.5. The van der Waals surface area contributed by atoms with Gasteiger partial charge < -0.3 is 30.2 Å². The number of hydrogen-bond donors (Lipinski definition) is 3. The Bertz CT molecular complexity index is 1150. The van der Waals surface area contributed by atoms with E-state index in [1.165, 1.54) is 44.7 Å². The number of piperazine rings is 1. The van der Waals surface area contributed by atoms with Crippen LogP contribution < -0.4 is 20.3 Å². The minimum atomic E-state index is 0.467. The molecule has 0 atom stereocenters. The standard InChI is InChI=1S/C25H35ClN8O/c1-4-27-24-23-22(19(26)16-28-23)30-25(31-24)29-20-6-5-18(15-21(20)35-3)33-9-7-17(8-10-33)34-13-11-32(2)12-14-34/h5-6,15-17,28H,4,7-14H2,1-3H3,(H2,27,29,30,31). The van der Waals surface area contributed by atoms with Gasteiger partial charge in [-0.2, -0.15) is 4.98 Å². The second kappa shape index (κ2) is 10.5. The van der Waals surface area contributed by atoms with Crippen molar-refractivity contribution in [1.29, 1.82) is 0 Å². The fourth-order valence-corrected chi connectivity index (χ4v) is 5.29. The molecule has 35 heavy (non-hydrogen) atoms. The van der Waals surface area contributed by atoms with Gasteiger partial charge in [0, 0.05) is 69.8 Å². The summed E-state index contributed by atoms with van der Waals surface area (Å²) in [4.78, 5) is 20.0. The number of ether oxygens (including phenoxy) is 1. The highest BCUT2D eigenvalue weighted by Crippen LogP contribution is 2.34. The summed E-state index contributed by atoms with van der Waals surface area (Å²) in [6.07, 6.45) is 4.13. The fraction of sp³-hybridized carbons (Fsp3) is 0.520. The van der Waals surface area contributed by atoms with Crippen molar-refractivity contribution in [2.75, 3.05) is 75.5 Å². The molecule has 0 unspecified atom stereocenters. The molecule has 2 aliphatic heterocycles. The van der Waals surface area contributed by atoms with Gasteiger partial charge in [0.1, 0.15) is 16.8 Å². The molecule has 0 amide bonds. The molecule has 0 bridgehead atoms. The van der Waals surface area contributed by atoms with Crippen molar-refractivity contribution in [1.82, 2.24) is 24.8 Å². The number of anilines is 4. The Morgan fingerprint density at radius 3 is 2.60 bits per heavy atom. The highest BCUT2D eigenvalue weighted by atomic mass is 35.5. The smallest absolute Gasteiger partial charge is 0.230 e. The molecule has 5 rings (SSSR count). The summed E-state index contributed by atoms with van der Waals surface area (Å²) < 4.78 is 5.74. The Kier molecular flexibility index (Phi) is 7.17. The van der Waals surface area contributed by atoms with Gasteiger partial charge in [0.2, 0.25) is 5.95 Å². The molecule has 0 radical (unpaired) electrons. The average molecular weight is 499 g/mol. The van der Waals surface area contributed by atoms with Crippen molar-refractivity contribution in [3.05, 3.63) is 29.4 Å². The molecule has 2 aliphatic rings. The molecule has 9 nitrogen and oxygen atoms in total. The minimum Gasteiger partial charge on any atom is -0.494 e. The Labute approximate surface area is 211 Å². The number of piperidine rings is 1. The lowest BCUT2D eigenvalue weighted by molar-refractivity contribution is 0.0982. The monoisotopic (exact) mass is 498 g/mol. The zero-order valence-corrected chi connectivity index (χ0v) is 21.5. The number of rotatable bonds is 7. The summed E-state index contributed by atoms with van der Waals surface area (Å²) in [6, 6.07) is 6.99. The van der Waals surface area contributed by atoms with E-state index in [4.69, 9.17) is 16.3 Å². The van der Waals surface area contributed by atoms with Crippen LogP contribution in [0.15, 0.2) is 24.4 Å². The average Bonchev–Trinajstić information content (AvgIpc) is 3.26. The minimum absolute atomic E-state index is 0.467. The molecule has 0 aliphatic carbocycles. The van der Waals surface area contributed by atoms with E-state index in [-0.39, 0.29) is 0 Å². The van der Waals surface area contributed by atoms with Crippen molar-refractivity contribution in [2.45, 2.75) is 25.8 Å². The number of nitrogens with zero attached hydrogens (tertiary/aromatic N) is 5. The van der Waals surface area contributed by atoms with E-state index in [0.717, 1.165) is 36.6 Å². The molecule has 188 valence electrons. The van der Waals surface area contributed by atoms with Crippen LogP contribution in [-0.4, -0.2) is 90.8 Å². The van der Waals surface area contributed by atoms with Crippen molar-refractivity contribution in [3.8, 4) is 5.75 Å². The van der Waals surface area contributed by atoms with Crippen molar-refractivity contribution in [3.63, 3.8) is 0 Å². The lowest BCUT2D eigenvalue weighted by Crippen LogP contribution is -2.52. The Morgan fingerprint density at radius 1 is 1.11 bits per heavy atom. The van der Waals surface area contributed by atoms with Crippen molar-refractivity contribution in [2.24, 2.45) is 0 Å². The summed E-state index contributed by atoms with van der Waals surface area (Å²) in [5.41, 5.74) is 3.48. The summed E-state index contributed by atoms with van der Waals surface area (Å²) in [6.45, 7) is 9.62. The van der Waals surface area contributed by atoms with Gasteiger partial charge in [0.15, 0.2) is 5.82 Å². The van der Waals surface area contributed by atoms with Crippen LogP contribution in [0.3, 0.4) is 0 Å².